The van der Waals surface area contributed by atoms with Gasteiger partial charge in [0.2, 0.25) is 5.95 Å². The quantitative estimate of drug-likeness (QED) is 0.171. The van der Waals surface area contributed by atoms with Crippen molar-refractivity contribution in [1.29, 1.82) is 0 Å². The number of fused-ring (bicyclic) bond motifs is 7. The van der Waals surface area contributed by atoms with Crippen molar-refractivity contribution in [2.45, 2.75) is 0 Å². The maximum Gasteiger partial charge on any atom is 0.238 e. The van der Waals surface area contributed by atoms with E-state index in [1.165, 1.54) is 0 Å². The Balaban J connectivity index is 1.27. The van der Waals surface area contributed by atoms with Gasteiger partial charge in [-0.3, -0.25) is 4.57 Å². The fourth-order valence-corrected chi connectivity index (χ4v) is 7.45. The van der Waals surface area contributed by atoms with Gasteiger partial charge in [-0.1, -0.05) is 163 Å². The van der Waals surface area contributed by atoms with Crippen LogP contribution < -0.4 is 0 Å². The van der Waals surface area contributed by atoms with Crippen molar-refractivity contribution in [3.8, 4) is 56.7 Å². The lowest BCUT2D eigenvalue weighted by atomic mass is 10.0. The Morgan fingerprint density at radius 2 is 1.02 bits per heavy atom. The molecular weight excluding hydrogens is 683 g/mol. The summed E-state index contributed by atoms with van der Waals surface area (Å²) in [4.78, 5) is 14.3. The average Bonchev–Trinajstić information content (AvgIpc) is 3.90. The van der Waals surface area contributed by atoms with Gasteiger partial charge in [-0.15, -0.1) is 0 Å². The Kier molecular flexibility index (Phi) is 4.83. The molecule has 0 saturated carbocycles. The molecule has 0 N–H and O–H groups in total. The van der Waals surface area contributed by atoms with Crippen LogP contribution in [0, 0.1) is 0 Å². The second-order valence-corrected chi connectivity index (χ2v) is 13.0. The van der Waals surface area contributed by atoms with Crippen molar-refractivity contribution in [2.24, 2.45) is 0 Å². The molecular formula is C51H33N5. The summed E-state index contributed by atoms with van der Waals surface area (Å²) in [5.74, 6) is -1.10. The number of hydrogen-bond acceptors (Lipinski definition) is 3. The normalized spacial score (nSPS) is 15.1. The number of aromatic nitrogens is 5. The zero-order chi connectivity index (χ0) is 49.2. The van der Waals surface area contributed by atoms with E-state index in [9.17, 15) is 2.74 Å². The van der Waals surface area contributed by atoms with E-state index in [0.29, 0.717) is 11.0 Å². The summed E-state index contributed by atoms with van der Waals surface area (Å²) in [5, 5.41) is 3.45. The van der Waals surface area contributed by atoms with Gasteiger partial charge in [0.05, 0.1) is 41.3 Å². The van der Waals surface area contributed by atoms with Gasteiger partial charge < -0.3 is 4.57 Å². The number of rotatable bonds is 6. The minimum Gasteiger partial charge on any atom is -0.309 e. The third-order valence-electron chi connectivity index (χ3n) is 9.83. The summed E-state index contributed by atoms with van der Waals surface area (Å²) in [6.07, 6.45) is 0. The van der Waals surface area contributed by atoms with Gasteiger partial charge in [0, 0.05) is 38.4 Å². The molecule has 0 spiro atoms. The fraction of sp³-hybridized carbons (Fsp3) is 0. The highest BCUT2D eigenvalue weighted by Gasteiger charge is 2.23. The highest BCUT2D eigenvalue weighted by Crippen LogP contribution is 2.42. The lowest BCUT2D eigenvalue weighted by Gasteiger charge is -2.12. The molecule has 5 nitrogen and oxygen atoms in total. The van der Waals surface area contributed by atoms with E-state index in [0.717, 1.165) is 49.4 Å². The van der Waals surface area contributed by atoms with E-state index < -0.39 is 118 Å². The summed E-state index contributed by atoms with van der Waals surface area (Å²) in [6.45, 7) is 0. The maximum atomic E-state index is 9.54. The molecule has 56 heavy (non-hydrogen) atoms. The first-order valence-electron chi connectivity index (χ1n) is 24.7. The first-order valence-corrected chi connectivity index (χ1v) is 17.7. The van der Waals surface area contributed by atoms with E-state index in [1.807, 2.05) is 91.0 Å². The lowest BCUT2D eigenvalue weighted by Crippen LogP contribution is -2.06. The van der Waals surface area contributed by atoms with Crippen molar-refractivity contribution >= 4 is 43.6 Å². The van der Waals surface area contributed by atoms with Crippen molar-refractivity contribution < 1.29 is 19.2 Å². The van der Waals surface area contributed by atoms with Crippen LogP contribution in [0.4, 0.5) is 0 Å². The molecule has 0 aliphatic carbocycles. The van der Waals surface area contributed by atoms with Crippen LogP contribution in [-0.2, 0) is 0 Å². The van der Waals surface area contributed by atoms with Gasteiger partial charge in [-0.2, -0.15) is 9.97 Å². The van der Waals surface area contributed by atoms with Gasteiger partial charge in [-0.05, 0) is 58.6 Å². The molecule has 8 aromatic carbocycles. The highest BCUT2D eigenvalue weighted by atomic mass is 15.2. The number of benzene rings is 8. The van der Waals surface area contributed by atoms with E-state index in [-0.39, 0.29) is 5.95 Å². The third kappa shape index (κ3) is 5.21. The van der Waals surface area contributed by atoms with E-state index in [2.05, 4.69) is 33.8 Å². The molecule has 11 rings (SSSR count). The topological polar surface area (TPSA) is 48.5 Å². The Hall–Kier alpha value is -7.63. The number of nitrogens with zero attached hydrogens (tertiary/aromatic N) is 5. The Morgan fingerprint density at radius 1 is 0.393 bits per heavy atom. The molecule has 11 aromatic rings. The third-order valence-corrected chi connectivity index (χ3v) is 9.83. The average molecular weight is 730 g/mol. The summed E-state index contributed by atoms with van der Waals surface area (Å²) >= 11 is 0. The largest absolute Gasteiger partial charge is 0.309 e. The second-order valence-electron chi connectivity index (χ2n) is 13.0. The molecule has 0 unspecified atom stereocenters. The van der Waals surface area contributed by atoms with Crippen LogP contribution in [0.15, 0.2) is 200 Å². The number of hydrogen-bond donors (Lipinski definition) is 0. The zero-order valence-corrected chi connectivity index (χ0v) is 29.2. The first-order chi connectivity index (χ1) is 33.6. The van der Waals surface area contributed by atoms with E-state index >= 15 is 0 Å². The molecule has 3 aromatic heterocycles. The van der Waals surface area contributed by atoms with Gasteiger partial charge in [0.1, 0.15) is 0 Å². The maximum absolute atomic E-state index is 9.54. The van der Waals surface area contributed by atoms with Crippen molar-refractivity contribution in [2.75, 3.05) is 0 Å². The van der Waals surface area contributed by atoms with Crippen LogP contribution in [0.3, 0.4) is 0 Å². The zero-order valence-electron chi connectivity index (χ0n) is 43.2. The fourth-order valence-electron chi connectivity index (χ4n) is 7.45. The van der Waals surface area contributed by atoms with Crippen LogP contribution in [0.1, 0.15) is 19.2 Å². The molecule has 0 fully saturated rings. The smallest absolute Gasteiger partial charge is 0.238 e. The minimum absolute atomic E-state index is 0.171. The Morgan fingerprint density at radius 3 is 1.80 bits per heavy atom. The van der Waals surface area contributed by atoms with E-state index in [1.54, 1.807) is 4.57 Å². The summed E-state index contributed by atoms with van der Waals surface area (Å²) in [7, 11) is 0. The molecule has 0 bridgehead atoms. The van der Waals surface area contributed by atoms with Crippen LogP contribution in [0.5, 0.6) is 0 Å². The van der Waals surface area contributed by atoms with Crippen LogP contribution in [0.2, 0.25) is 0 Å². The standard InChI is InChI=1S/C51H33N5/c1-4-16-34(17-5-1)37-22-14-24-39(32-37)50-52-49(36-20-8-3-9-21-36)53-51(54-50)56-45-29-13-11-27-43(45)47-46(56)31-30-42-41-26-10-12-28-44(41)55(48(42)47)40-25-15-23-38(33-40)35-18-6-2-7-19-35/h1-33H/i1D,3D,4D,5D,8D,9D,14D,16D,17D,20D,21D,22D,24D,32D. The summed E-state index contributed by atoms with van der Waals surface area (Å²) in [5.41, 5.74) is 3.81. The molecule has 0 saturated heterocycles. The van der Waals surface area contributed by atoms with Gasteiger partial charge in [0.25, 0.3) is 0 Å². The molecule has 0 radical (unpaired) electrons. The molecule has 0 aliphatic rings. The second kappa shape index (κ2) is 13.0. The molecule has 0 atom stereocenters. The van der Waals surface area contributed by atoms with Crippen molar-refractivity contribution in [1.82, 2.24) is 24.1 Å². The number of para-hydroxylation sites is 2. The Labute approximate surface area is 343 Å². The minimum atomic E-state index is -0.775. The van der Waals surface area contributed by atoms with Crippen molar-refractivity contribution in [3.05, 3.63) is 200 Å². The summed E-state index contributed by atoms with van der Waals surface area (Å²) < 4.78 is 126. The van der Waals surface area contributed by atoms with Gasteiger partial charge in [0.15, 0.2) is 11.6 Å². The molecule has 0 aliphatic heterocycles. The van der Waals surface area contributed by atoms with E-state index in [4.69, 9.17) is 26.4 Å². The highest BCUT2D eigenvalue weighted by molar-refractivity contribution is 6.26. The first kappa shape index (κ1) is 20.7. The Bertz CT molecular complexity index is 4020. The molecule has 262 valence electrons. The SMILES string of the molecule is [2H]c1c([2H])c([2H])c(-c2nc(-c3c([2H])c([2H])c([2H])c(-c4c([2H])c([2H])c([2H])c([2H])c4[2H])c3[2H])nc(-n3c4ccccc4c4c3ccc3c5ccccc5n(-c5cccc(-c6ccccc6)c5)c34)n2)c([2H])c1[2H]. The van der Waals surface area contributed by atoms with Crippen LogP contribution in [0.25, 0.3) is 100 Å². The molecule has 5 heteroatoms. The van der Waals surface area contributed by atoms with Gasteiger partial charge in [-0.25, -0.2) is 4.98 Å². The predicted molar refractivity (Wildman–Crippen MR) is 230 cm³/mol. The predicted octanol–water partition coefficient (Wildman–Crippen LogP) is 12.7. The van der Waals surface area contributed by atoms with Gasteiger partial charge >= 0.3 is 0 Å². The molecule has 0 amide bonds. The van der Waals surface area contributed by atoms with Crippen LogP contribution >= 0.6 is 0 Å². The van der Waals surface area contributed by atoms with Crippen molar-refractivity contribution in [3.63, 3.8) is 0 Å². The monoisotopic (exact) mass is 729 g/mol. The lowest BCUT2D eigenvalue weighted by molar-refractivity contribution is 0.953. The summed E-state index contributed by atoms with van der Waals surface area (Å²) in [6, 6.07) is 27.7. The van der Waals surface area contributed by atoms with Crippen LogP contribution in [-0.4, -0.2) is 24.1 Å². The molecule has 3 heterocycles.